The van der Waals surface area contributed by atoms with Gasteiger partial charge in [-0.2, -0.15) is 0 Å². The van der Waals surface area contributed by atoms with Gasteiger partial charge in [0, 0.05) is 0 Å². The minimum absolute atomic E-state index is 0.113. The van der Waals surface area contributed by atoms with E-state index in [0.717, 1.165) is 0 Å². The van der Waals surface area contributed by atoms with E-state index >= 15 is 0 Å². The van der Waals surface area contributed by atoms with Crippen LogP contribution in [0, 0.1) is 41.5 Å². The number of rotatable bonds is 5. The van der Waals surface area contributed by atoms with E-state index in [4.69, 9.17) is 0 Å². The molecule has 1 aliphatic rings. The van der Waals surface area contributed by atoms with Crippen LogP contribution in [0.4, 0.5) is 0 Å². The summed E-state index contributed by atoms with van der Waals surface area (Å²) in [6.07, 6.45) is 0. The van der Waals surface area contributed by atoms with Gasteiger partial charge in [0.1, 0.15) is 0 Å². The Bertz CT molecular complexity index is 2570. The standard InChI is InChI=1S/C50H42B2/c1-31-27-33(3)49(34(4)28-31)52(50-35(5)29-32(2)30-36(50)6)48-26-24-40(38-16-8-10-18-42(38)48)39-23-25-47(41-17-9-7-15-37(39)41)51-45-21-13-11-19-43(45)44-20-12-14-22-46(44)51/h7-30H,1-6H3. The largest absolute Gasteiger partial charge is 0.243 e. The van der Waals surface area contributed by atoms with E-state index in [-0.39, 0.29) is 13.4 Å². The molecule has 0 N–H and O–H groups in total. The third-order valence-electron chi connectivity index (χ3n) is 11.7. The van der Waals surface area contributed by atoms with Gasteiger partial charge < -0.3 is 0 Å². The molecule has 1 heterocycles. The molecule has 248 valence electrons. The number of hydrogen-bond acceptors (Lipinski definition) is 0. The molecule has 0 fully saturated rings. The average molecular weight is 665 g/mol. The molecular weight excluding hydrogens is 622 g/mol. The van der Waals surface area contributed by atoms with Crippen LogP contribution >= 0.6 is 0 Å². The number of aryl methyl sites for hydroxylation is 6. The third kappa shape index (κ3) is 5.08. The molecule has 0 radical (unpaired) electrons. The van der Waals surface area contributed by atoms with Gasteiger partial charge in [-0.1, -0.05) is 212 Å². The van der Waals surface area contributed by atoms with Crippen molar-refractivity contribution in [2.24, 2.45) is 0 Å². The van der Waals surface area contributed by atoms with Crippen molar-refractivity contribution in [3.8, 4) is 22.3 Å². The second kappa shape index (κ2) is 12.6. The molecule has 2 heteroatoms. The highest BCUT2D eigenvalue weighted by Crippen LogP contribution is 2.34. The summed E-state index contributed by atoms with van der Waals surface area (Å²) in [6.45, 7) is 13.9. The zero-order chi connectivity index (χ0) is 35.7. The first-order valence-corrected chi connectivity index (χ1v) is 18.7. The Morgan fingerprint density at radius 3 is 1.27 bits per heavy atom. The van der Waals surface area contributed by atoms with Gasteiger partial charge in [-0.25, -0.2) is 0 Å². The Morgan fingerprint density at radius 1 is 0.346 bits per heavy atom. The second-order valence-electron chi connectivity index (χ2n) is 15.2. The predicted octanol–water partition coefficient (Wildman–Crippen LogP) is 8.52. The lowest BCUT2D eigenvalue weighted by Crippen LogP contribution is -2.56. The maximum Gasteiger partial charge on any atom is 0.243 e. The predicted molar refractivity (Wildman–Crippen MR) is 229 cm³/mol. The summed E-state index contributed by atoms with van der Waals surface area (Å²) in [5.41, 5.74) is 21.7. The van der Waals surface area contributed by atoms with Crippen molar-refractivity contribution in [3.05, 3.63) is 179 Å². The molecule has 0 aromatic heterocycles. The van der Waals surface area contributed by atoms with Gasteiger partial charge in [-0.3, -0.25) is 0 Å². The van der Waals surface area contributed by atoms with E-state index in [1.54, 1.807) is 0 Å². The summed E-state index contributed by atoms with van der Waals surface area (Å²) in [7, 11) is 0. The molecule has 0 aliphatic carbocycles. The molecule has 9 rings (SSSR count). The van der Waals surface area contributed by atoms with Crippen LogP contribution in [-0.2, 0) is 0 Å². The minimum Gasteiger partial charge on any atom is -0.0664 e. The van der Waals surface area contributed by atoms with Gasteiger partial charge in [0.15, 0.2) is 0 Å². The van der Waals surface area contributed by atoms with E-state index in [1.165, 1.54) is 110 Å². The average Bonchev–Trinajstić information content (AvgIpc) is 3.47. The minimum atomic E-state index is 0.113. The molecule has 0 saturated heterocycles. The van der Waals surface area contributed by atoms with Gasteiger partial charge >= 0.3 is 0 Å². The molecule has 8 aromatic carbocycles. The topological polar surface area (TPSA) is 0 Å². The SMILES string of the molecule is Cc1cc(C)c(B(c2c(C)cc(C)cc2C)c2ccc(-c3ccc(B4c5ccccc5-c5ccccc54)c4ccccc34)c3ccccc23)c(C)c1. The Hall–Kier alpha value is -5.59. The molecule has 0 atom stereocenters. The van der Waals surface area contributed by atoms with Crippen molar-refractivity contribution in [1.29, 1.82) is 0 Å². The highest BCUT2D eigenvalue weighted by molar-refractivity contribution is 7.00. The van der Waals surface area contributed by atoms with Crippen LogP contribution in [-0.4, -0.2) is 13.4 Å². The van der Waals surface area contributed by atoms with Crippen molar-refractivity contribution in [2.45, 2.75) is 41.5 Å². The number of fused-ring (bicyclic) bond motifs is 5. The Morgan fingerprint density at radius 2 is 0.750 bits per heavy atom. The second-order valence-corrected chi connectivity index (χ2v) is 15.2. The summed E-state index contributed by atoms with van der Waals surface area (Å²) in [4.78, 5) is 0. The lowest BCUT2D eigenvalue weighted by Gasteiger charge is -2.26. The highest BCUT2D eigenvalue weighted by Gasteiger charge is 2.34. The summed E-state index contributed by atoms with van der Waals surface area (Å²) >= 11 is 0. The normalized spacial score (nSPS) is 12.0. The van der Waals surface area contributed by atoms with E-state index in [2.05, 4.69) is 187 Å². The lowest BCUT2D eigenvalue weighted by molar-refractivity contribution is 1.34. The van der Waals surface area contributed by atoms with Crippen LogP contribution in [0.2, 0.25) is 0 Å². The molecular formula is C50H42B2. The molecule has 0 saturated carbocycles. The first kappa shape index (κ1) is 32.3. The third-order valence-corrected chi connectivity index (χ3v) is 11.7. The van der Waals surface area contributed by atoms with Gasteiger partial charge in [0.2, 0.25) is 13.4 Å². The van der Waals surface area contributed by atoms with E-state index in [0.29, 0.717) is 0 Å². The van der Waals surface area contributed by atoms with Crippen LogP contribution in [0.25, 0.3) is 43.8 Å². The monoisotopic (exact) mass is 664 g/mol. The fourth-order valence-electron chi connectivity index (χ4n) is 9.86. The Kier molecular flexibility index (Phi) is 7.81. The summed E-state index contributed by atoms with van der Waals surface area (Å²) in [6, 6.07) is 55.2. The summed E-state index contributed by atoms with van der Waals surface area (Å²) in [5.74, 6) is 0. The maximum atomic E-state index is 2.44. The smallest absolute Gasteiger partial charge is 0.0664 e. The quantitative estimate of drug-likeness (QED) is 0.162. The highest BCUT2D eigenvalue weighted by atomic mass is 14.2. The van der Waals surface area contributed by atoms with Crippen LogP contribution in [0.1, 0.15) is 33.4 Å². The molecule has 0 spiro atoms. The Labute approximate surface area is 309 Å². The molecule has 8 aromatic rings. The zero-order valence-electron chi connectivity index (χ0n) is 31.0. The summed E-state index contributed by atoms with van der Waals surface area (Å²) in [5, 5.41) is 5.23. The van der Waals surface area contributed by atoms with Gasteiger partial charge in [0.25, 0.3) is 0 Å². The van der Waals surface area contributed by atoms with Crippen molar-refractivity contribution in [1.82, 2.24) is 0 Å². The molecule has 0 nitrogen and oxygen atoms in total. The van der Waals surface area contributed by atoms with Gasteiger partial charge in [-0.15, -0.1) is 0 Å². The van der Waals surface area contributed by atoms with Gasteiger partial charge in [0.05, 0.1) is 0 Å². The zero-order valence-corrected chi connectivity index (χ0v) is 31.0. The molecule has 52 heavy (non-hydrogen) atoms. The van der Waals surface area contributed by atoms with Crippen LogP contribution in [0.5, 0.6) is 0 Å². The maximum absolute atomic E-state index is 2.44. The van der Waals surface area contributed by atoms with Crippen LogP contribution in [0.15, 0.2) is 146 Å². The molecule has 0 amide bonds. The van der Waals surface area contributed by atoms with Gasteiger partial charge in [-0.05, 0) is 85.3 Å². The van der Waals surface area contributed by atoms with E-state index in [1.807, 2.05) is 0 Å². The van der Waals surface area contributed by atoms with Crippen LogP contribution < -0.4 is 32.8 Å². The molecule has 0 bridgehead atoms. The number of benzene rings is 8. The number of hydrogen-bond donors (Lipinski definition) is 0. The van der Waals surface area contributed by atoms with Crippen molar-refractivity contribution in [2.75, 3.05) is 0 Å². The van der Waals surface area contributed by atoms with Crippen molar-refractivity contribution >= 4 is 67.7 Å². The van der Waals surface area contributed by atoms with E-state index < -0.39 is 0 Å². The fourth-order valence-corrected chi connectivity index (χ4v) is 9.86. The Balaban J connectivity index is 1.27. The lowest BCUT2D eigenvalue weighted by atomic mass is 9.33. The van der Waals surface area contributed by atoms with Crippen molar-refractivity contribution in [3.63, 3.8) is 0 Å². The fraction of sp³-hybridized carbons (Fsp3) is 0.120. The molecule has 1 aliphatic heterocycles. The first-order valence-electron chi connectivity index (χ1n) is 18.7. The van der Waals surface area contributed by atoms with Crippen LogP contribution in [0.3, 0.4) is 0 Å². The van der Waals surface area contributed by atoms with Crippen molar-refractivity contribution < 1.29 is 0 Å². The van der Waals surface area contributed by atoms with E-state index in [9.17, 15) is 0 Å². The summed E-state index contributed by atoms with van der Waals surface area (Å²) < 4.78 is 0. The molecule has 0 unspecified atom stereocenters. The first-order chi connectivity index (χ1) is 25.3.